The number of aromatic nitrogens is 1. The van der Waals surface area contributed by atoms with Gasteiger partial charge in [-0.05, 0) is 67.6 Å². The number of sulfonamides is 1. The topological polar surface area (TPSA) is 71.7 Å². The normalized spacial score (nSPS) is 18.8. The molecule has 0 radical (unpaired) electrons. The van der Waals surface area contributed by atoms with Crippen LogP contribution in [0.5, 0.6) is 0 Å². The van der Waals surface area contributed by atoms with Crippen LogP contribution in [-0.4, -0.2) is 36.3 Å². The van der Waals surface area contributed by atoms with E-state index in [2.05, 4.69) is 18.0 Å². The van der Waals surface area contributed by atoms with Gasteiger partial charge >= 0.3 is 0 Å². The number of thiazole rings is 1. The van der Waals surface area contributed by atoms with Crippen molar-refractivity contribution in [3.63, 3.8) is 0 Å². The first-order valence-corrected chi connectivity index (χ1v) is 12.3. The molecule has 0 saturated carbocycles. The average molecular weight is 444 g/mol. The summed E-state index contributed by atoms with van der Waals surface area (Å²) >= 11 is 1.46. The molecule has 1 fully saturated rings. The van der Waals surface area contributed by atoms with E-state index in [4.69, 9.17) is 0 Å². The van der Waals surface area contributed by atoms with Gasteiger partial charge in [-0.25, -0.2) is 8.42 Å². The summed E-state index contributed by atoms with van der Waals surface area (Å²) < 4.78 is 30.3. The maximum atomic E-state index is 12.9. The van der Waals surface area contributed by atoms with E-state index < -0.39 is 10.0 Å². The number of nitrogens with zero attached hydrogens (tertiary/aromatic N) is 3. The summed E-state index contributed by atoms with van der Waals surface area (Å²) in [6.45, 7) is 5.19. The first-order valence-electron chi connectivity index (χ1n) is 10.0. The van der Waals surface area contributed by atoms with Crippen molar-refractivity contribution in [2.45, 2.75) is 31.6 Å². The molecule has 4 rings (SSSR count). The Labute approximate surface area is 180 Å². The van der Waals surface area contributed by atoms with Gasteiger partial charge in [0.05, 0.1) is 15.1 Å². The SMILES string of the molecule is Cc1ccc2c(c1)sc(=NC(=O)c1ccc(S(=O)(=O)N3CCC[C@H](C)C3)cc1)n2C. The van der Waals surface area contributed by atoms with Gasteiger partial charge in [0.15, 0.2) is 4.80 Å². The van der Waals surface area contributed by atoms with Gasteiger partial charge < -0.3 is 4.57 Å². The van der Waals surface area contributed by atoms with Crippen LogP contribution in [0.3, 0.4) is 0 Å². The second-order valence-electron chi connectivity index (χ2n) is 7.97. The zero-order valence-electron chi connectivity index (χ0n) is 17.3. The molecule has 1 aromatic heterocycles. The summed E-state index contributed by atoms with van der Waals surface area (Å²) in [6, 6.07) is 12.2. The quantitative estimate of drug-likeness (QED) is 0.620. The standard InChI is InChI=1S/C22H25N3O3S2/c1-15-6-11-19-20(13-15)29-22(24(19)3)23-21(26)17-7-9-18(10-8-17)30(27,28)25-12-4-5-16(2)14-25/h6-11,13,16H,4-5,12,14H2,1-3H3/t16-/m0/s1. The smallest absolute Gasteiger partial charge is 0.279 e. The van der Waals surface area contributed by atoms with Crippen molar-refractivity contribution < 1.29 is 13.2 Å². The van der Waals surface area contributed by atoms with Gasteiger partial charge in [0.25, 0.3) is 5.91 Å². The Kier molecular flexibility index (Phi) is 5.65. The number of carbonyl (C=O) groups excluding carboxylic acids is 1. The summed E-state index contributed by atoms with van der Waals surface area (Å²) in [6.07, 6.45) is 1.93. The summed E-state index contributed by atoms with van der Waals surface area (Å²) in [5.74, 6) is -0.0246. The van der Waals surface area contributed by atoms with Crippen LogP contribution in [0.25, 0.3) is 10.2 Å². The molecule has 0 aliphatic carbocycles. The molecule has 6 nitrogen and oxygen atoms in total. The fraction of sp³-hybridized carbons (Fsp3) is 0.364. The minimum absolute atomic E-state index is 0.219. The van der Waals surface area contributed by atoms with Crippen LogP contribution in [0.1, 0.15) is 35.7 Å². The van der Waals surface area contributed by atoms with Gasteiger partial charge in [-0.15, -0.1) is 0 Å². The highest BCUT2D eigenvalue weighted by molar-refractivity contribution is 7.89. The summed E-state index contributed by atoms with van der Waals surface area (Å²) in [4.78, 5) is 17.8. The van der Waals surface area contributed by atoms with Gasteiger partial charge in [-0.2, -0.15) is 9.30 Å². The Hall–Kier alpha value is -2.29. The Morgan fingerprint density at radius 1 is 1.17 bits per heavy atom. The Morgan fingerprint density at radius 3 is 2.60 bits per heavy atom. The van der Waals surface area contributed by atoms with Crippen molar-refractivity contribution in [3.05, 3.63) is 58.4 Å². The third kappa shape index (κ3) is 3.99. The molecule has 8 heteroatoms. The predicted molar refractivity (Wildman–Crippen MR) is 119 cm³/mol. The largest absolute Gasteiger partial charge is 0.319 e. The number of amides is 1. The second kappa shape index (κ2) is 8.09. The van der Waals surface area contributed by atoms with Crippen molar-refractivity contribution in [1.82, 2.24) is 8.87 Å². The molecule has 0 N–H and O–H groups in total. The van der Waals surface area contributed by atoms with Crippen LogP contribution in [0.2, 0.25) is 0 Å². The molecule has 2 aromatic carbocycles. The fourth-order valence-electron chi connectivity index (χ4n) is 3.78. The molecular formula is C22H25N3O3S2. The Bertz CT molecular complexity index is 1270. The monoisotopic (exact) mass is 443 g/mol. The summed E-state index contributed by atoms with van der Waals surface area (Å²) in [5, 5.41) is 0. The van der Waals surface area contributed by atoms with E-state index in [1.54, 1.807) is 16.4 Å². The van der Waals surface area contributed by atoms with Crippen molar-refractivity contribution in [1.29, 1.82) is 0 Å². The molecule has 1 aliphatic heterocycles. The highest BCUT2D eigenvalue weighted by Gasteiger charge is 2.28. The average Bonchev–Trinajstić information content (AvgIpc) is 3.02. The van der Waals surface area contributed by atoms with Crippen LogP contribution in [0.4, 0.5) is 0 Å². The number of fused-ring (bicyclic) bond motifs is 1. The van der Waals surface area contributed by atoms with Crippen molar-refractivity contribution >= 4 is 37.5 Å². The molecular weight excluding hydrogens is 418 g/mol. The van der Waals surface area contributed by atoms with Crippen LogP contribution in [-0.2, 0) is 17.1 Å². The lowest BCUT2D eigenvalue weighted by molar-refractivity contribution is 0.0998. The van der Waals surface area contributed by atoms with Crippen LogP contribution in [0.15, 0.2) is 52.4 Å². The number of carbonyl (C=O) groups is 1. The van der Waals surface area contributed by atoms with E-state index in [0.717, 1.165) is 28.6 Å². The zero-order chi connectivity index (χ0) is 21.5. The third-order valence-electron chi connectivity index (χ3n) is 5.52. The molecule has 0 spiro atoms. The van der Waals surface area contributed by atoms with Gasteiger partial charge in [0.1, 0.15) is 0 Å². The van der Waals surface area contributed by atoms with Crippen LogP contribution in [0, 0.1) is 12.8 Å². The number of piperidine rings is 1. The molecule has 1 amide bonds. The summed E-state index contributed by atoms with van der Waals surface area (Å²) in [5.41, 5.74) is 2.55. The van der Waals surface area contributed by atoms with E-state index in [1.807, 2.05) is 30.7 Å². The van der Waals surface area contributed by atoms with Crippen molar-refractivity contribution in [2.75, 3.05) is 13.1 Å². The Morgan fingerprint density at radius 2 is 1.90 bits per heavy atom. The molecule has 1 saturated heterocycles. The molecule has 30 heavy (non-hydrogen) atoms. The van der Waals surface area contributed by atoms with Crippen molar-refractivity contribution in [3.8, 4) is 0 Å². The third-order valence-corrected chi connectivity index (χ3v) is 8.49. The molecule has 0 bridgehead atoms. The van der Waals surface area contributed by atoms with Gasteiger partial charge in [-0.1, -0.05) is 24.3 Å². The van der Waals surface area contributed by atoms with Gasteiger partial charge in [0.2, 0.25) is 10.0 Å². The number of benzene rings is 2. The molecule has 3 aromatic rings. The van der Waals surface area contributed by atoms with E-state index in [1.165, 1.54) is 23.5 Å². The lowest BCUT2D eigenvalue weighted by Crippen LogP contribution is -2.39. The van der Waals surface area contributed by atoms with Gasteiger partial charge in [-0.3, -0.25) is 4.79 Å². The second-order valence-corrected chi connectivity index (χ2v) is 10.9. The van der Waals surface area contributed by atoms with E-state index in [0.29, 0.717) is 29.4 Å². The molecule has 158 valence electrons. The minimum Gasteiger partial charge on any atom is -0.319 e. The first-order chi connectivity index (χ1) is 14.3. The van der Waals surface area contributed by atoms with Crippen molar-refractivity contribution in [2.24, 2.45) is 18.0 Å². The first kappa shape index (κ1) is 21.0. The fourth-order valence-corrected chi connectivity index (χ4v) is 6.50. The van der Waals surface area contributed by atoms with Crippen LogP contribution < -0.4 is 4.80 Å². The zero-order valence-corrected chi connectivity index (χ0v) is 19.0. The molecule has 1 atom stereocenters. The lowest BCUT2D eigenvalue weighted by atomic mass is 10.0. The molecule has 1 aliphatic rings. The maximum Gasteiger partial charge on any atom is 0.279 e. The van der Waals surface area contributed by atoms with E-state index in [-0.39, 0.29) is 10.8 Å². The van der Waals surface area contributed by atoms with E-state index >= 15 is 0 Å². The maximum absolute atomic E-state index is 12.9. The minimum atomic E-state index is -3.54. The Balaban J connectivity index is 1.61. The lowest BCUT2D eigenvalue weighted by Gasteiger charge is -2.30. The van der Waals surface area contributed by atoms with Crippen LogP contribution >= 0.6 is 11.3 Å². The highest BCUT2D eigenvalue weighted by atomic mass is 32.2. The molecule has 0 unspecified atom stereocenters. The number of aryl methyl sites for hydroxylation is 2. The van der Waals surface area contributed by atoms with E-state index in [9.17, 15) is 13.2 Å². The highest BCUT2D eigenvalue weighted by Crippen LogP contribution is 2.24. The number of rotatable bonds is 3. The summed E-state index contributed by atoms with van der Waals surface area (Å²) in [7, 11) is -1.65. The number of hydrogen-bond acceptors (Lipinski definition) is 4. The number of hydrogen-bond donors (Lipinski definition) is 0. The molecule has 2 heterocycles. The van der Waals surface area contributed by atoms with Gasteiger partial charge in [0, 0.05) is 25.7 Å². The predicted octanol–water partition coefficient (Wildman–Crippen LogP) is 3.71.